The highest BCUT2D eigenvalue weighted by atomic mass is 35.5. The normalized spacial score (nSPS) is 10.6. The number of halogens is 1. The third-order valence-electron chi connectivity index (χ3n) is 1.32. The average Bonchev–Trinajstić information content (AvgIpc) is 2.09. The van der Waals surface area contributed by atoms with Crippen LogP contribution in [-0.2, 0) is 4.84 Å². The maximum absolute atomic E-state index is 5.61. The van der Waals surface area contributed by atoms with Gasteiger partial charge in [0.2, 0.25) is 0 Å². The Kier molecular flexibility index (Phi) is 3.52. The molecule has 1 aromatic heterocycles. The molecule has 70 valence electrons. The van der Waals surface area contributed by atoms with E-state index in [2.05, 4.69) is 10.1 Å². The number of oxime groups is 1. The van der Waals surface area contributed by atoms with Crippen molar-refractivity contribution in [3.8, 4) is 0 Å². The highest BCUT2D eigenvalue weighted by Crippen LogP contribution is 2.11. The molecule has 1 heterocycles. The minimum absolute atomic E-state index is 0.343. The van der Waals surface area contributed by atoms with E-state index in [9.17, 15) is 0 Å². The molecular formula is C8H10ClN3O. The van der Waals surface area contributed by atoms with Crippen LogP contribution in [0.25, 0.3) is 0 Å². The maximum Gasteiger partial charge on any atom is 0.134 e. The van der Waals surface area contributed by atoms with Gasteiger partial charge in [-0.05, 0) is 19.1 Å². The number of nitrogens with two attached hydrogens (primary N) is 1. The Labute approximate surface area is 81.4 Å². The number of anilines is 1. The standard InChI is InChI=1S/C8H10ClN3O/c1-2-13-11-5-6-3-4-7(9)12-8(6)10/h3-5H,2H2,1H3,(H2,10,12)/b11-5+. The number of hydrogen-bond donors (Lipinski definition) is 1. The summed E-state index contributed by atoms with van der Waals surface area (Å²) < 4.78 is 0. The van der Waals surface area contributed by atoms with Gasteiger partial charge in [-0.2, -0.15) is 0 Å². The summed E-state index contributed by atoms with van der Waals surface area (Å²) in [5.41, 5.74) is 6.25. The van der Waals surface area contributed by atoms with Gasteiger partial charge in [-0.25, -0.2) is 4.98 Å². The Hall–Kier alpha value is -1.29. The van der Waals surface area contributed by atoms with Gasteiger partial charge < -0.3 is 10.6 Å². The molecule has 0 amide bonds. The van der Waals surface area contributed by atoms with E-state index in [4.69, 9.17) is 22.2 Å². The van der Waals surface area contributed by atoms with Gasteiger partial charge in [-0.15, -0.1) is 0 Å². The first-order chi connectivity index (χ1) is 6.24. The third kappa shape index (κ3) is 2.91. The minimum atomic E-state index is 0.343. The summed E-state index contributed by atoms with van der Waals surface area (Å²) in [6.45, 7) is 2.37. The molecule has 0 aliphatic heterocycles. The van der Waals surface area contributed by atoms with E-state index in [1.54, 1.807) is 12.1 Å². The van der Waals surface area contributed by atoms with Gasteiger partial charge in [0.25, 0.3) is 0 Å². The first-order valence-electron chi connectivity index (χ1n) is 3.81. The molecule has 0 aliphatic carbocycles. The summed E-state index contributed by atoms with van der Waals surface area (Å²) in [6.07, 6.45) is 1.50. The van der Waals surface area contributed by atoms with Crippen LogP contribution < -0.4 is 5.73 Å². The lowest BCUT2D eigenvalue weighted by Crippen LogP contribution is -1.97. The lowest BCUT2D eigenvalue weighted by Gasteiger charge is -1.98. The molecule has 0 aromatic carbocycles. The molecule has 1 rings (SSSR count). The van der Waals surface area contributed by atoms with Crippen molar-refractivity contribution >= 4 is 23.6 Å². The van der Waals surface area contributed by atoms with Gasteiger partial charge in [0.1, 0.15) is 17.6 Å². The first-order valence-corrected chi connectivity index (χ1v) is 4.19. The molecule has 4 nitrogen and oxygen atoms in total. The smallest absolute Gasteiger partial charge is 0.134 e. The molecule has 0 atom stereocenters. The topological polar surface area (TPSA) is 60.5 Å². The second kappa shape index (κ2) is 4.67. The molecule has 0 fully saturated rings. The van der Waals surface area contributed by atoms with Gasteiger partial charge >= 0.3 is 0 Å². The molecule has 1 aromatic rings. The Bertz CT molecular complexity index is 314. The summed E-state index contributed by atoms with van der Waals surface area (Å²) in [7, 11) is 0. The van der Waals surface area contributed by atoms with Crippen molar-refractivity contribution in [2.45, 2.75) is 6.92 Å². The zero-order valence-electron chi connectivity index (χ0n) is 7.20. The Balaban J connectivity index is 2.77. The van der Waals surface area contributed by atoms with Crippen molar-refractivity contribution in [1.82, 2.24) is 4.98 Å². The Morgan fingerprint density at radius 1 is 1.69 bits per heavy atom. The molecule has 0 unspecified atom stereocenters. The van der Waals surface area contributed by atoms with Gasteiger partial charge in [-0.3, -0.25) is 0 Å². The van der Waals surface area contributed by atoms with Gasteiger partial charge in [0.05, 0.1) is 6.21 Å². The summed E-state index contributed by atoms with van der Waals surface area (Å²) in [5, 5.41) is 4.03. The van der Waals surface area contributed by atoms with E-state index in [1.165, 1.54) is 6.21 Å². The van der Waals surface area contributed by atoms with Crippen LogP contribution in [0, 0.1) is 0 Å². The van der Waals surface area contributed by atoms with Gasteiger partial charge in [0, 0.05) is 5.56 Å². The number of hydrogen-bond acceptors (Lipinski definition) is 4. The van der Waals surface area contributed by atoms with Crippen molar-refractivity contribution in [2.24, 2.45) is 5.16 Å². The van der Waals surface area contributed by atoms with E-state index in [-0.39, 0.29) is 0 Å². The molecule has 5 heteroatoms. The number of rotatable bonds is 3. The fourth-order valence-electron chi connectivity index (χ4n) is 0.739. The predicted molar refractivity (Wildman–Crippen MR) is 52.9 cm³/mol. The van der Waals surface area contributed by atoms with Crippen molar-refractivity contribution in [3.05, 3.63) is 22.8 Å². The van der Waals surface area contributed by atoms with Crippen LogP contribution in [0.5, 0.6) is 0 Å². The molecule has 0 aliphatic rings. The summed E-state index contributed by atoms with van der Waals surface area (Å²) in [6, 6.07) is 3.37. The predicted octanol–water partition coefficient (Wildman–Crippen LogP) is 1.69. The van der Waals surface area contributed by atoms with Gasteiger partial charge in [-0.1, -0.05) is 16.8 Å². The molecule has 0 spiro atoms. The number of nitrogen functional groups attached to an aromatic ring is 1. The van der Waals surface area contributed by atoms with Crippen LogP contribution in [-0.4, -0.2) is 17.8 Å². The zero-order chi connectivity index (χ0) is 9.68. The van der Waals surface area contributed by atoms with Crippen LogP contribution in [0.3, 0.4) is 0 Å². The highest BCUT2D eigenvalue weighted by molar-refractivity contribution is 6.29. The molecule has 13 heavy (non-hydrogen) atoms. The lowest BCUT2D eigenvalue weighted by atomic mass is 10.3. The monoisotopic (exact) mass is 199 g/mol. The van der Waals surface area contributed by atoms with Crippen LogP contribution in [0.15, 0.2) is 17.3 Å². The number of pyridine rings is 1. The fourth-order valence-corrected chi connectivity index (χ4v) is 0.893. The van der Waals surface area contributed by atoms with E-state index in [1.807, 2.05) is 6.92 Å². The molecule has 0 radical (unpaired) electrons. The van der Waals surface area contributed by atoms with Crippen molar-refractivity contribution in [3.63, 3.8) is 0 Å². The van der Waals surface area contributed by atoms with Crippen molar-refractivity contribution < 1.29 is 4.84 Å². The van der Waals surface area contributed by atoms with Crippen LogP contribution in [0.2, 0.25) is 5.15 Å². The maximum atomic E-state index is 5.61. The SMILES string of the molecule is CCO/N=C/c1ccc(Cl)nc1N. The zero-order valence-corrected chi connectivity index (χ0v) is 7.95. The Morgan fingerprint density at radius 3 is 3.08 bits per heavy atom. The van der Waals surface area contributed by atoms with E-state index in [0.29, 0.717) is 23.1 Å². The van der Waals surface area contributed by atoms with E-state index < -0.39 is 0 Å². The molecule has 0 saturated heterocycles. The molecule has 0 bridgehead atoms. The van der Waals surface area contributed by atoms with E-state index in [0.717, 1.165) is 0 Å². The van der Waals surface area contributed by atoms with Crippen molar-refractivity contribution in [1.29, 1.82) is 0 Å². The summed E-state index contributed by atoms with van der Waals surface area (Å²) in [4.78, 5) is 8.62. The third-order valence-corrected chi connectivity index (χ3v) is 1.53. The minimum Gasteiger partial charge on any atom is -0.396 e. The molecular weight excluding hydrogens is 190 g/mol. The van der Waals surface area contributed by atoms with Crippen LogP contribution in [0.1, 0.15) is 12.5 Å². The second-order valence-corrected chi connectivity index (χ2v) is 2.65. The first kappa shape index (κ1) is 9.80. The summed E-state index contributed by atoms with van der Waals surface area (Å²) in [5.74, 6) is 0.343. The lowest BCUT2D eigenvalue weighted by molar-refractivity contribution is 0.160. The quantitative estimate of drug-likeness (QED) is 0.458. The van der Waals surface area contributed by atoms with Gasteiger partial charge in [0.15, 0.2) is 0 Å². The molecule has 2 N–H and O–H groups in total. The second-order valence-electron chi connectivity index (χ2n) is 2.26. The van der Waals surface area contributed by atoms with Crippen LogP contribution in [0.4, 0.5) is 5.82 Å². The van der Waals surface area contributed by atoms with E-state index >= 15 is 0 Å². The summed E-state index contributed by atoms with van der Waals surface area (Å²) >= 11 is 5.61. The molecule has 0 saturated carbocycles. The fraction of sp³-hybridized carbons (Fsp3) is 0.250. The number of aromatic nitrogens is 1. The van der Waals surface area contributed by atoms with Crippen molar-refractivity contribution in [2.75, 3.05) is 12.3 Å². The van der Waals surface area contributed by atoms with Crippen LogP contribution >= 0.6 is 11.6 Å². The largest absolute Gasteiger partial charge is 0.396 e. The number of nitrogens with zero attached hydrogens (tertiary/aromatic N) is 2. The average molecular weight is 200 g/mol. The highest BCUT2D eigenvalue weighted by Gasteiger charge is 1.97. The Morgan fingerprint density at radius 2 is 2.46 bits per heavy atom.